The van der Waals surface area contributed by atoms with Gasteiger partial charge in [0.15, 0.2) is 0 Å². The first-order valence-electron chi connectivity index (χ1n) is 6.91. The number of aryl methyl sites for hydroxylation is 1. The zero-order chi connectivity index (χ0) is 14.8. The van der Waals surface area contributed by atoms with Crippen LogP contribution in [0.2, 0.25) is 0 Å². The van der Waals surface area contributed by atoms with E-state index in [4.69, 9.17) is 0 Å². The van der Waals surface area contributed by atoms with Gasteiger partial charge in [-0.05, 0) is 37.5 Å². The number of carbonyl (C=O) groups is 1. The number of carbonyl (C=O) groups excluding carboxylic acids is 1. The number of fused-ring (bicyclic) bond motifs is 1. The lowest BCUT2D eigenvalue weighted by atomic mass is 10.0. The van der Waals surface area contributed by atoms with Gasteiger partial charge in [0.05, 0.1) is 11.4 Å². The molecule has 0 spiro atoms. The Bertz CT molecular complexity index is 611. The Labute approximate surface area is 120 Å². The molecule has 1 aliphatic rings. The molecule has 0 bridgehead atoms. The van der Waals surface area contributed by atoms with Crippen LogP contribution in [0.3, 0.4) is 0 Å². The van der Waals surface area contributed by atoms with E-state index < -0.39 is 10.0 Å². The quantitative estimate of drug-likeness (QED) is 0.925. The molecule has 0 fully saturated rings. The second-order valence-corrected chi connectivity index (χ2v) is 7.00. The molecule has 1 heterocycles. The van der Waals surface area contributed by atoms with Crippen molar-refractivity contribution in [1.82, 2.24) is 0 Å². The van der Waals surface area contributed by atoms with Gasteiger partial charge in [0, 0.05) is 18.7 Å². The fourth-order valence-electron chi connectivity index (χ4n) is 2.31. The molecule has 2 rings (SSSR count). The lowest BCUT2D eigenvalue weighted by Gasteiger charge is -2.30. The van der Waals surface area contributed by atoms with Crippen molar-refractivity contribution in [1.29, 1.82) is 0 Å². The average molecular weight is 296 g/mol. The Morgan fingerprint density at radius 2 is 2.10 bits per heavy atom. The molecule has 110 valence electrons. The average Bonchev–Trinajstić information content (AvgIpc) is 2.46. The van der Waals surface area contributed by atoms with Crippen molar-refractivity contribution in [3.8, 4) is 0 Å². The summed E-state index contributed by atoms with van der Waals surface area (Å²) < 4.78 is 25.8. The Hall–Kier alpha value is -1.56. The summed E-state index contributed by atoms with van der Waals surface area (Å²) in [5, 5.41) is 2.77. The van der Waals surface area contributed by atoms with Crippen LogP contribution in [-0.2, 0) is 21.2 Å². The number of hydrogen-bond acceptors (Lipinski definition) is 3. The molecule has 5 nitrogen and oxygen atoms in total. The van der Waals surface area contributed by atoms with Crippen LogP contribution in [0.4, 0.5) is 11.4 Å². The third-order valence-electron chi connectivity index (χ3n) is 3.47. The number of benzene rings is 1. The third-order valence-corrected chi connectivity index (χ3v) is 5.25. The number of amides is 1. The predicted octanol–water partition coefficient (Wildman–Crippen LogP) is 2.14. The Kier molecular flexibility index (Phi) is 4.32. The highest BCUT2D eigenvalue weighted by Crippen LogP contribution is 2.32. The Morgan fingerprint density at radius 1 is 1.35 bits per heavy atom. The number of nitrogens with one attached hydrogen (secondary N) is 1. The molecule has 0 saturated heterocycles. The summed E-state index contributed by atoms with van der Waals surface area (Å²) in [4.78, 5) is 11.4. The Morgan fingerprint density at radius 3 is 2.75 bits per heavy atom. The van der Waals surface area contributed by atoms with Gasteiger partial charge in [-0.3, -0.25) is 9.10 Å². The van der Waals surface area contributed by atoms with Crippen molar-refractivity contribution >= 4 is 27.3 Å². The summed E-state index contributed by atoms with van der Waals surface area (Å²) >= 11 is 0. The van der Waals surface area contributed by atoms with E-state index in [1.165, 1.54) is 4.31 Å². The van der Waals surface area contributed by atoms with Gasteiger partial charge in [-0.1, -0.05) is 13.0 Å². The topological polar surface area (TPSA) is 66.5 Å². The van der Waals surface area contributed by atoms with Crippen LogP contribution in [-0.4, -0.2) is 26.6 Å². The minimum Gasteiger partial charge on any atom is -0.326 e. The zero-order valence-electron chi connectivity index (χ0n) is 11.8. The monoisotopic (exact) mass is 296 g/mol. The van der Waals surface area contributed by atoms with E-state index in [0.717, 1.165) is 18.4 Å². The van der Waals surface area contributed by atoms with Crippen molar-refractivity contribution in [3.05, 3.63) is 23.8 Å². The molecule has 1 amide bonds. The molecule has 0 unspecified atom stereocenters. The lowest BCUT2D eigenvalue weighted by molar-refractivity contribution is -0.115. The highest BCUT2D eigenvalue weighted by Gasteiger charge is 2.26. The highest BCUT2D eigenvalue weighted by molar-refractivity contribution is 7.92. The molecular formula is C14H20N2O3S. The molecule has 6 heteroatoms. The maximum Gasteiger partial charge on any atom is 0.234 e. The lowest BCUT2D eigenvalue weighted by Crippen LogP contribution is -2.36. The van der Waals surface area contributed by atoms with Crippen molar-refractivity contribution < 1.29 is 13.2 Å². The van der Waals surface area contributed by atoms with Gasteiger partial charge in [0.25, 0.3) is 0 Å². The molecule has 0 atom stereocenters. The molecule has 0 aromatic heterocycles. The van der Waals surface area contributed by atoms with Crippen LogP contribution in [0, 0.1) is 0 Å². The summed E-state index contributed by atoms with van der Waals surface area (Å²) in [7, 11) is -3.26. The van der Waals surface area contributed by atoms with Crippen LogP contribution in [0.5, 0.6) is 0 Å². The van der Waals surface area contributed by atoms with Crippen molar-refractivity contribution in [2.24, 2.45) is 0 Å². The molecule has 0 saturated carbocycles. The predicted molar refractivity (Wildman–Crippen MR) is 80.5 cm³/mol. The zero-order valence-corrected chi connectivity index (χ0v) is 12.7. The first-order valence-corrected chi connectivity index (χ1v) is 8.52. The number of hydrogen-bond donors (Lipinski definition) is 1. The number of anilines is 2. The molecule has 0 aliphatic carbocycles. The van der Waals surface area contributed by atoms with Crippen LogP contribution < -0.4 is 9.62 Å². The normalized spacial score (nSPS) is 14.8. The van der Waals surface area contributed by atoms with E-state index in [0.29, 0.717) is 24.3 Å². The minimum absolute atomic E-state index is 0.0781. The highest BCUT2D eigenvalue weighted by atomic mass is 32.2. The van der Waals surface area contributed by atoms with Crippen LogP contribution >= 0.6 is 0 Å². The SMILES string of the molecule is CCC(=O)Nc1ccc2c(c1)N(S(=O)(=O)CC)CCC2. The molecule has 1 aromatic carbocycles. The molecule has 20 heavy (non-hydrogen) atoms. The van der Waals surface area contributed by atoms with Crippen molar-refractivity contribution in [2.75, 3.05) is 21.9 Å². The summed E-state index contributed by atoms with van der Waals surface area (Å²) in [5.41, 5.74) is 2.36. The fraction of sp³-hybridized carbons (Fsp3) is 0.500. The van der Waals surface area contributed by atoms with Crippen LogP contribution in [0.1, 0.15) is 32.3 Å². The van der Waals surface area contributed by atoms with Gasteiger partial charge in [-0.2, -0.15) is 0 Å². The number of rotatable bonds is 4. The van der Waals surface area contributed by atoms with Gasteiger partial charge >= 0.3 is 0 Å². The maximum absolute atomic E-state index is 12.1. The summed E-state index contributed by atoms with van der Waals surface area (Å²) in [6.45, 7) is 3.93. The third kappa shape index (κ3) is 2.95. The van der Waals surface area contributed by atoms with Gasteiger partial charge < -0.3 is 5.32 Å². The Balaban J connectivity index is 2.39. The maximum atomic E-state index is 12.1. The van der Waals surface area contributed by atoms with Gasteiger partial charge in [0.1, 0.15) is 0 Å². The van der Waals surface area contributed by atoms with E-state index >= 15 is 0 Å². The van der Waals surface area contributed by atoms with Gasteiger partial charge in [-0.15, -0.1) is 0 Å². The van der Waals surface area contributed by atoms with E-state index in [-0.39, 0.29) is 11.7 Å². The van der Waals surface area contributed by atoms with E-state index in [9.17, 15) is 13.2 Å². The van der Waals surface area contributed by atoms with Crippen molar-refractivity contribution in [3.63, 3.8) is 0 Å². The molecular weight excluding hydrogens is 276 g/mol. The van der Waals surface area contributed by atoms with Crippen LogP contribution in [0.25, 0.3) is 0 Å². The van der Waals surface area contributed by atoms with E-state index in [1.807, 2.05) is 12.1 Å². The number of nitrogens with zero attached hydrogens (tertiary/aromatic N) is 1. The molecule has 1 aliphatic heterocycles. The summed E-state index contributed by atoms with van der Waals surface area (Å²) in [5.74, 6) is 0.00324. The second-order valence-electron chi connectivity index (χ2n) is 4.82. The van der Waals surface area contributed by atoms with Crippen LogP contribution in [0.15, 0.2) is 18.2 Å². The molecule has 1 N–H and O–H groups in total. The smallest absolute Gasteiger partial charge is 0.234 e. The first kappa shape index (κ1) is 14.8. The standard InChI is InChI=1S/C14H20N2O3S/c1-3-14(17)15-12-8-7-11-6-5-9-16(13(11)10-12)20(18,19)4-2/h7-8,10H,3-6,9H2,1-2H3,(H,15,17). The minimum atomic E-state index is -3.26. The van der Waals surface area contributed by atoms with E-state index in [2.05, 4.69) is 5.32 Å². The van der Waals surface area contributed by atoms with E-state index in [1.54, 1.807) is 19.9 Å². The van der Waals surface area contributed by atoms with Crippen molar-refractivity contribution in [2.45, 2.75) is 33.1 Å². The van der Waals surface area contributed by atoms with Gasteiger partial charge in [0.2, 0.25) is 15.9 Å². The second kappa shape index (κ2) is 5.83. The largest absolute Gasteiger partial charge is 0.326 e. The fourth-order valence-corrected chi connectivity index (χ4v) is 3.50. The van der Waals surface area contributed by atoms with Gasteiger partial charge in [-0.25, -0.2) is 8.42 Å². The molecule has 0 radical (unpaired) electrons. The first-order chi connectivity index (χ1) is 9.47. The number of sulfonamides is 1. The molecule has 1 aromatic rings. The summed E-state index contributed by atoms with van der Waals surface area (Å²) in [6, 6.07) is 5.49. The summed E-state index contributed by atoms with van der Waals surface area (Å²) in [6.07, 6.45) is 2.09.